The van der Waals surface area contributed by atoms with Gasteiger partial charge >= 0.3 is 5.97 Å². The smallest absolute Gasteiger partial charge is 0.374 e. The Morgan fingerprint density at radius 3 is 2.79 bits per heavy atom. The van der Waals surface area contributed by atoms with Crippen LogP contribution in [-0.2, 0) is 11.2 Å². The minimum atomic E-state index is -0.449. The topological polar surface area (TPSA) is 63.8 Å². The Morgan fingerprint density at radius 1 is 1.33 bits per heavy atom. The summed E-state index contributed by atoms with van der Waals surface area (Å²) in [6.07, 6.45) is 2.45. The number of nitrogens with one attached hydrogen (secondary N) is 1. The Bertz CT molecular complexity index is 778. The molecule has 1 aliphatic carbocycles. The van der Waals surface area contributed by atoms with E-state index >= 15 is 0 Å². The monoisotopic (exact) mass is 330 g/mol. The third kappa shape index (κ3) is 3.18. The second kappa shape index (κ2) is 6.86. The summed E-state index contributed by atoms with van der Waals surface area (Å²) >= 11 is 0. The fourth-order valence-electron chi connectivity index (χ4n) is 2.83. The van der Waals surface area contributed by atoms with Crippen molar-refractivity contribution >= 4 is 17.4 Å². The third-order valence-electron chi connectivity index (χ3n) is 3.95. The van der Waals surface area contributed by atoms with Crippen LogP contribution in [0.25, 0.3) is 0 Å². The standard InChI is InChI=1S/C18H19FN2O3/c1-3-23-18(22)17-11(2)16-14(5-4-6-15(16)24-17)21-20-13-9-7-12(19)8-10-13/h7-10,20H,3-6H2,1-2H3/b21-14+. The van der Waals surface area contributed by atoms with Crippen LogP contribution in [0.5, 0.6) is 0 Å². The van der Waals surface area contributed by atoms with Crippen molar-refractivity contribution in [2.24, 2.45) is 5.10 Å². The summed E-state index contributed by atoms with van der Waals surface area (Å²) in [5.74, 6) is 0.271. The summed E-state index contributed by atoms with van der Waals surface area (Å²) in [5, 5.41) is 4.44. The lowest BCUT2D eigenvalue weighted by molar-refractivity contribution is 0.0487. The van der Waals surface area contributed by atoms with Gasteiger partial charge in [-0.2, -0.15) is 5.10 Å². The zero-order chi connectivity index (χ0) is 17.1. The number of furan rings is 1. The van der Waals surface area contributed by atoms with E-state index in [4.69, 9.17) is 9.15 Å². The van der Waals surface area contributed by atoms with Gasteiger partial charge in [-0.15, -0.1) is 0 Å². The Balaban J connectivity index is 1.89. The molecule has 24 heavy (non-hydrogen) atoms. The number of carbonyl (C=O) groups excluding carboxylic acids is 1. The molecule has 6 heteroatoms. The van der Waals surface area contributed by atoms with Gasteiger partial charge in [0.2, 0.25) is 5.76 Å². The molecule has 126 valence electrons. The molecule has 0 unspecified atom stereocenters. The maximum absolute atomic E-state index is 13.0. The quantitative estimate of drug-likeness (QED) is 0.678. The molecular weight excluding hydrogens is 311 g/mol. The average molecular weight is 330 g/mol. The number of esters is 1. The molecule has 5 nitrogen and oxygen atoms in total. The number of halogens is 1. The molecule has 0 aliphatic heterocycles. The Hall–Kier alpha value is -2.63. The van der Waals surface area contributed by atoms with E-state index in [1.165, 1.54) is 12.1 Å². The first-order valence-corrected chi connectivity index (χ1v) is 7.98. The van der Waals surface area contributed by atoms with Crippen molar-refractivity contribution in [3.63, 3.8) is 0 Å². The van der Waals surface area contributed by atoms with Crippen LogP contribution in [0.2, 0.25) is 0 Å². The summed E-state index contributed by atoms with van der Waals surface area (Å²) in [5.41, 5.74) is 6.09. The van der Waals surface area contributed by atoms with Gasteiger partial charge in [0.25, 0.3) is 0 Å². The van der Waals surface area contributed by atoms with Crippen molar-refractivity contribution in [1.29, 1.82) is 0 Å². The lowest BCUT2D eigenvalue weighted by Gasteiger charge is -2.13. The first-order chi connectivity index (χ1) is 11.6. The highest BCUT2D eigenvalue weighted by molar-refractivity contribution is 6.06. The van der Waals surface area contributed by atoms with E-state index in [0.29, 0.717) is 12.3 Å². The van der Waals surface area contributed by atoms with Crippen LogP contribution in [0.4, 0.5) is 10.1 Å². The number of benzene rings is 1. The van der Waals surface area contributed by atoms with Crippen LogP contribution in [0.15, 0.2) is 33.8 Å². The van der Waals surface area contributed by atoms with Crippen LogP contribution in [0.1, 0.15) is 47.2 Å². The average Bonchev–Trinajstić information content (AvgIpc) is 2.92. The van der Waals surface area contributed by atoms with E-state index in [1.807, 2.05) is 6.92 Å². The van der Waals surface area contributed by atoms with Crippen LogP contribution in [0.3, 0.4) is 0 Å². The van der Waals surface area contributed by atoms with Crippen molar-refractivity contribution in [2.45, 2.75) is 33.1 Å². The lowest BCUT2D eigenvalue weighted by Crippen LogP contribution is -2.13. The Kier molecular flexibility index (Phi) is 4.64. The molecule has 1 heterocycles. The molecular formula is C18H19FN2O3. The van der Waals surface area contributed by atoms with Gasteiger partial charge in [-0.25, -0.2) is 9.18 Å². The zero-order valence-electron chi connectivity index (χ0n) is 13.7. The van der Waals surface area contributed by atoms with Gasteiger partial charge in [-0.3, -0.25) is 5.43 Å². The lowest BCUT2D eigenvalue weighted by atomic mass is 9.93. The number of nitrogens with zero attached hydrogens (tertiary/aromatic N) is 1. The largest absolute Gasteiger partial charge is 0.460 e. The van der Waals surface area contributed by atoms with Gasteiger partial charge in [0.1, 0.15) is 11.6 Å². The van der Waals surface area contributed by atoms with E-state index in [0.717, 1.165) is 41.9 Å². The molecule has 0 fully saturated rings. The number of ether oxygens (including phenoxy) is 1. The summed E-state index contributed by atoms with van der Waals surface area (Å²) in [7, 11) is 0. The molecule has 1 aliphatic rings. The number of hydrogen-bond donors (Lipinski definition) is 1. The number of rotatable bonds is 4. The second-order valence-electron chi connectivity index (χ2n) is 5.61. The number of fused-ring (bicyclic) bond motifs is 1. The highest BCUT2D eigenvalue weighted by atomic mass is 19.1. The molecule has 0 radical (unpaired) electrons. The maximum atomic E-state index is 13.0. The van der Waals surface area contributed by atoms with E-state index < -0.39 is 5.97 Å². The maximum Gasteiger partial charge on any atom is 0.374 e. The molecule has 0 saturated heterocycles. The van der Waals surface area contributed by atoms with Gasteiger partial charge in [0.15, 0.2) is 0 Å². The molecule has 0 amide bonds. The number of aryl methyl sites for hydroxylation is 1. The van der Waals surface area contributed by atoms with E-state index in [1.54, 1.807) is 19.1 Å². The first kappa shape index (κ1) is 16.2. The van der Waals surface area contributed by atoms with Crippen LogP contribution in [-0.4, -0.2) is 18.3 Å². The summed E-state index contributed by atoms with van der Waals surface area (Å²) < 4.78 is 23.7. The van der Waals surface area contributed by atoms with E-state index in [-0.39, 0.29) is 11.6 Å². The predicted molar refractivity (Wildman–Crippen MR) is 88.9 cm³/mol. The van der Waals surface area contributed by atoms with Gasteiger partial charge in [0.05, 0.1) is 18.0 Å². The number of anilines is 1. The van der Waals surface area contributed by atoms with Crippen molar-refractivity contribution in [3.05, 3.63) is 52.7 Å². The van der Waals surface area contributed by atoms with Gasteiger partial charge < -0.3 is 9.15 Å². The van der Waals surface area contributed by atoms with Crippen LogP contribution >= 0.6 is 0 Å². The van der Waals surface area contributed by atoms with Crippen molar-refractivity contribution in [2.75, 3.05) is 12.0 Å². The number of hydrazone groups is 1. The molecule has 0 atom stereocenters. The molecule has 0 spiro atoms. The predicted octanol–water partition coefficient (Wildman–Crippen LogP) is 4.06. The van der Waals surface area contributed by atoms with Crippen molar-refractivity contribution in [1.82, 2.24) is 0 Å². The number of hydrogen-bond acceptors (Lipinski definition) is 5. The van der Waals surface area contributed by atoms with Crippen LogP contribution in [0, 0.1) is 12.7 Å². The third-order valence-corrected chi connectivity index (χ3v) is 3.95. The molecule has 3 rings (SSSR count). The van der Waals surface area contributed by atoms with Crippen LogP contribution < -0.4 is 5.43 Å². The highest BCUT2D eigenvalue weighted by Crippen LogP contribution is 2.30. The fourth-order valence-corrected chi connectivity index (χ4v) is 2.83. The highest BCUT2D eigenvalue weighted by Gasteiger charge is 2.28. The zero-order valence-corrected chi connectivity index (χ0v) is 13.7. The molecule has 0 bridgehead atoms. The van der Waals surface area contributed by atoms with Gasteiger partial charge in [-0.1, -0.05) is 0 Å². The molecule has 2 aromatic rings. The molecule has 1 aromatic heterocycles. The minimum Gasteiger partial charge on any atom is -0.460 e. The summed E-state index contributed by atoms with van der Waals surface area (Å²) in [4.78, 5) is 12.0. The number of carbonyl (C=O) groups is 1. The van der Waals surface area contributed by atoms with E-state index in [2.05, 4.69) is 10.5 Å². The molecule has 0 saturated carbocycles. The minimum absolute atomic E-state index is 0.248. The normalized spacial score (nSPS) is 15.2. The summed E-state index contributed by atoms with van der Waals surface area (Å²) in [6, 6.07) is 5.98. The Morgan fingerprint density at radius 2 is 2.08 bits per heavy atom. The second-order valence-corrected chi connectivity index (χ2v) is 5.61. The molecule has 1 aromatic carbocycles. The first-order valence-electron chi connectivity index (χ1n) is 7.98. The van der Waals surface area contributed by atoms with Gasteiger partial charge in [0, 0.05) is 17.5 Å². The fraction of sp³-hybridized carbons (Fsp3) is 0.333. The summed E-state index contributed by atoms with van der Waals surface area (Å²) in [6.45, 7) is 3.90. The Labute approximate surface area is 139 Å². The van der Waals surface area contributed by atoms with Gasteiger partial charge in [-0.05, 0) is 51.0 Å². The van der Waals surface area contributed by atoms with Crippen molar-refractivity contribution in [3.8, 4) is 0 Å². The van der Waals surface area contributed by atoms with E-state index in [9.17, 15) is 9.18 Å². The molecule has 1 N–H and O–H groups in total. The van der Waals surface area contributed by atoms with Crippen molar-refractivity contribution < 1.29 is 18.3 Å². The SMILES string of the molecule is CCOC(=O)c1oc2c(c1C)/C(=N/Nc1ccc(F)cc1)CCC2.